The number of aromatic nitrogens is 1. The number of halogens is 2. The van der Waals surface area contributed by atoms with Crippen LogP contribution in [-0.2, 0) is 4.74 Å². The molecule has 1 aromatic heterocycles. The quantitative estimate of drug-likeness (QED) is 0.458. The van der Waals surface area contributed by atoms with Crippen LogP contribution in [0.25, 0.3) is 10.2 Å². The van der Waals surface area contributed by atoms with Crippen molar-refractivity contribution >= 4 is 56.6 Å². The number of thiazole rings is 1. The van der Waals surface area contributed by atoms with Crippen LogP contribution in [0.5, 0.6) is 5.75 Å². The molecular weight excluding hydrogens is 469 g/mol. The van der Waals surface area contributed by atoms with Gasteiger partial charge in [-0.05, 0) is 37.1 Å². The summed E-state index contributed by atoms with van der Waals surface area (Å²) in [7, 11) is 1.64. The second kappa shape index (κ2) is 11.3. The van der Waals surface area contributed by atoms with E-state index in [2.05, 4.69) is 4.90 Å². The molecule has 0 atom stereocenters. The Kier molecular flexibility index (Phi) is 8.73. The van der Waals surface area contributed by atoms with Crippen LogP contribution < -0.4 is 9.64 Å². The summed E-state index contributed by atoms with van der Waals surface area (Å²) in [5.74, 6) is 0.574. The molecule has 3 aromatic rings. The molecule has 1 amide bonds. The summed E-state index contributed by atoms with van der Waals surface area (Å²) in [6.07, 6.45) is 0.836. The van der Waals surface area contributed by atoms with Crippen LogP contribution in [0.3, 0.4) is 0 Å². The van der Waals surface area contributed by atoms with Gasteiger partial charge in [-0.3, -0.25) is 14.6 Å². The molecule has 2 heterocycles. The van der Waals surface area contributed by atoms with E-state index in [-0.39, 0.29) is 18.3 Å². The number of carbonyl (C=O) groups is 1. The van der Waals surface area contributed by atoms with Crippen molar-refractivity contribution in [3.63, 3.8) is 0 Å². The van der Waals surface area contributed by atoms with Crippen LogP contribution in [0.1, 0.15) is 22.3 Å². The molecule has 1 aliphatic heterocycles. The maximum Gasteiger partial charge on any atom is 0.261 e. The summed E-state index contributed by atoms with van der Waals surface area (Å²) in [6, 6.07) is 11.1. The largest absolute Gasteiger partial charge is 0.494 e. The number of carbonyl (C=O) groups excluding carboxylic acids is 1. The third kappa shape index (κ3) is 5.35. The molecule has 0 bridgehead atoms. The number of ether oxygens (including phenoxy) is 2. The molecule has 2 aromatic carbocycles. The number of fused-ring (bicyclic) bond motifs is 1. The van der Waals surface area contributed by atoms with Crippen molar-refractivity contribution in [3.8, 4) is 5.75 Å². The van der Waals surface area contributed by atoms with Gasteiger partial charge in [-0.1, -0.05) is 41.1 Å². The van der Waals surface area contributed by atoms with E-state index < -0.39 is 0 Å². The molecule has 32 heavy (non-hydrogen) atoms. The van der Waals surface area contributed by atoms with E-state index in [4.69, 9.17) is 26.1 Å². The number of anilines is 1. The van der Waals surface area contributed by atoms with E-state index in [0.717, 1.165) is 55.0 Å². The molecule has 0 unspecified atom stereocenters. The van der Waals surface area contributed by atoms with E-state index in [0.29, 0.717) is 28.0 Å². The number of morpholine rings is 1. The number of amides is 1. The first-order valence-corrected chi connectivity index (χ1v) is 11.6. The van der Waals surface area contributed by atoms with Gasteiger partial charge in [0.15, 0.2) is 5.13 Å². The predicted molar refractivity (Wildman–Crippen MR) is 133 cm³/mol. The lowest BCUT2D eigenvalue weighted by Gasteiger charge is -2.27. The van der Waals surface area contributed by atoms with Gasteiger partial charge in [0.05, 0.1) is 35.6 Å². The van der Waals surface area contributed by atoms with Crippen LogP contribution in [0.15, 0.2) is 36.4 Å². The van der Waals surface area contributed by atoms with Gasteiger partial charge in [-0.25, -0.2) is 4.98 Å². The second-order valence-electron chi connectivity index (χ2n) is 7.50. The highest BCUT2D eigenvalue weighted by Crippen LogP contribution is 2.37. The standard InChI is InChI=1S/C23H26ClN3O3S.ClH/c1-16-8-9-19(29-2)20-21(16)31-23(25-20)27(11-5-10-26-12-14-30-15-13-26)22(28)17-6-3-4-7-18(17)24;/h3-4,6-9H,5,10-15H2,1-2H3;1H. The summed E-state index contributed by atoms with van der Waals surface area (Å²) in [6.45, 7) is 6.89. The normalized spacial score (nSPS) is 14.2. The Morgan fingerprint density at radius 2 is 2.00 bits per heavy atom. The first kappa shape index (κ1) is 24.7. The highest BCUT2D eigenvalue weighted by atomic mass is 35.5. The average Bonchev–Trinajstić information content (AvgIpc) is 3.24. The molecule has 0 saturated carbocycles. The molecule has 0 radical (unpaired) electrons. The minimum Gasteiger partial charge on any atom is -0.494 e. The van der Waals surface area contributed by atoms with Crippen LogP contribution in [0.2, 0.25) is 5.02 Å². The van der Waals surface area contributed by atoms with Crippen LogP contribution in [0.4, 0.5) is 5.13 Å². The highest BCUT2D eigenvalue weighted by molar-refractivity contribution is 7.22. The number of nitrogens with zero attached hydrogens (tertiary/aromatic N) is 3. The van der Waals surface area contributed by atoms with Gasteiger partial charge in [0, 0.05) is 26.2 Å². The number of methoxy groups -OCH3 is 1. The highest BCUT2D eigenvalue weighted by Gasteiger charge is 2.24. The maximum absolute atomic E-state index is 13.5. The minimum atomic E-state index is -0.136. The molecule has 0 N–H and O–H groups in total. The Hall–Kier alpha value is -1.90. The second-order valence-corrected chi connectivity index (χ2v) is 8.89. The molecule has 4 rings (SSSR count). The van der Waals surface area contributed by atoms with Gasteiger partial charge >= 0.3 is 0 Å². The van der Waals surface area contributed by atoms with Crippen LogP contribution in [0, 0.1) is 6.92 Å². The Morgan fingerprint density at radius 3 is 2.72 bits per heavy atom. The van der Waals surface area contributed by atoms with E-state index in [1.54, 1.807) is 24.1 Å². The molecule has 172 valence electrons. The summed E-state index contributed by atoms with van der Waals surface area (Å²) in [5.41, 5.74) is 2.38. The van der Waals surface area contributed by atoms with Crippen molar-refractivity contribution in [2.24, 2.45) is 0 Å². The SMILES string of the molecule is COc1ccc(C)c2sc(N(CCCN3CCOCC3)C(=O)c3ccccc3Cl)nc12.Cl. The zero-order valence-electron chi connectivity index (χ0n) is 18.2. The first-order chi connectivity index (χ1) is 15.1. The van der Waals surface area contributed by atoms with E-state index >= 15 is 0 Å². The lowest BCUT2D eigenvalue weighted by atomic mass is 10.2. The fourth-order valence-corrected chi connectivity index (χ4v) is 5.01. The van der Waals surface area contributed by atoms with Crippen molar-refractivity contribution in [3.05, 3.63) is 52.5 Å². The molecule has 1 saturated heterocycles. The molecule has 1 aliphatic rings. The fourth-order valence-electron chi connectivity index (χ4n) is 3.72. The van der Waals surface area contributed by atoms with Gasteiger partial charge in [0.25, 0.3) is 5.91 Å². The first-order valence-electron chi connectivity index (χ1n) is 10.4. The summed E-state index contributed by atoms with van der Waals surface area (Å²) in [4.78, 5) is 22.4. The lowest BCUT2D eigenvalue weighted by molar-refractivity contribution is 0.0376. The molecule has 9 heteroatoms. The van der Waals surface area contributed by atoms with Gasteiger partial charge in [-0.2, -0.15) is 0 Å². The summed E-state index contributed by atoms with van der Waals surface area (Å²) < 4.78 is 12.0. The Bertz CT molecular complexity index is 1070. The molecule has 1 fully saturated rings. The van der Waals surface area contributed by atoms with Crippen molar-refractivity contribution in [2.45, 2.75) is 13.3 Å². The fraction of sp³-hybridized carbons (Fsp3) is 0.391. The summed E-state index contributed by atoms with van der Waals surface area (Å²) in [5, 5.41) is 1.11. The molecule has 0 spiro atoms. The predicted octanol–water partition coefficient (Wildman–Crippen LogP) is 5.06. The topological polar surface area (TPSA) is 54.9 Å². The van der Waals surface area contributed by atoms with Crippen molar-refractivity contribution < 1.29 is 14.3 Å². The number of rotatable bonds is 7. The minimum absolute atomic E-state index is 0. The van der Waals surface area contributed by atoms with Crippen molar-refractivity contribution in [2.75, 3.05) is 51.4 Å². The third-order valence-corrected chi connectivity index (χ3v) is 7.00. The Balaban J connectivity index is 0.00000289. The maximum atomic E-state index is 13.5. The lowest BCUT2D eigenvalue weighted by Crippen LogP contribution is -2.39. The van der Waals surface area contributed by atoms with Gasteiger partial charge in [0.1, 0.15) is 11.3 Å². The smallest absolute Gasteiger partial charge is 0.261 e. The Labute approximate surface area is 203 Å². The van der Waals surface area contributed by atoms with Crippen molar-refractivity contribution in [1.29, 1.82) is 0 Å². The molecular formula is C23H27Cl2N3O3S. The third-order valence-electron chi connectivity index (χ3n) is 5.45. The van der Waals surface area contributed by atoms with Crippen LogP contribution >= 0.6 is 35.3 Å². The van der Waals surface area contributed by atoms with E-state index in [9.17, 15) is 4.79 Å². The van der Waals surface area contributed by atoms with E-state index in [1.165, 1.54) is 11.3 Å². The zero-order valence-corrected chi connectivity index (χ0v) is 20.6. The van der Waals surface area contributed by atoms with Gasteiger partial charge in [-0.15, -0.1) is 12.4 Å². The van der Waals surface area contributed by atoms with Gasteiger partial charge < -0.3 is 9.47 Å². The Morgan fingerprint density at radius 1 is 1.25 bits per heavy atom. The number of benzene rings is 2. The number of aryl methyl sites for hydroxylation is 1. The zero-order chi connectivity index (χ0) is 21.8. The average molecular weight is 496 g/mol. The van der Waals surface area contributed by atoms with E-state index in [1.807, 2.05) is 31.2 Å². The number of hydrogen-bond acceptors (Lipinski definition) is 6. The summed E-state index contributed by atoms with van der Waals surface area (Å²) >= 11 is 7.87. The van der Waals surface area contributed by atoms with Gasteiger partial charge in [0.2, 0.25) is 0 Å². The van der Waals surface area contributed by atoms with Crippen molar-refractivity contribution in [1.82, 2.24) is 9.88 Å². The van der Waals surface area contributed by atoms with Crippen LogP contribution in [-0.4, -0.2) is 62.3 Å². The number of hydrogen-bond donors (Lipinski definition) is 0. The molecule has 0 aliphatic carbocycles. The molecule has 6 nitrogen and oxygen atoms in total. The monoisotopic (exact) mass is 495 g/mol.